The Kier molecular flexibility index (Phi) is 7.97. The van der Waals surface area contributed by atoms with Gasteiger partial charge in [-0.2, -0.15) is 4.98 Å². The molecule has 3 aromatic rings. The molecule has 36 heavy (non-hydrogen) atoms. The predicted octanol–water partition coefficient (Wildman–Crippen LogP) is 4.64. The molecule has 1 aliphatic rings. The van der Waals surface area contributed by atoms with E-state index in [4.69, 9.17) is 11.6 Å². The Bertz CT molecular complexity index is 1270. The van der Waals surface area contributed by atoms with Crippen molar-refractivity contribution in [3.63, 3.8) is 0 Å². The highest BCUT2D eigenvalue weighted by atomic mass is 35.5. The van der Waals surface area contributed by atoms with Crippen LogP contribution in [0, 0.1) is 11.6 Å². The number of nitrogens with one attached hydrogen (secondary N) is 3. The molecule has 0 unspecified atom stereocenters. The second kappa shape index (κ2) is 11.3. The van der Waals surface area contributed by atoms with Crippen molar-refractivity contribution in [1.29, 1.82) is 0 Å². The highest BCUT2D eigenvalue weighted by Gasteiger charge is 2.20. The van der Waals surface area contributed by atoms with Crippen LogP contribution in [0.15, 0.2) is 55.3 Å². The van der Waals surface area contributed by atoms with Crippen LogP contribution in [-0.4, -0.2) is 54.0 Å². The molecule has 1 saturated heterocycles. The normalized spacial score (nSPS) is 13.8. The Morgan fingerprint density at radius 3 is 2.69 bits per heavy atom. The molecule has 0 spiro atoms. The number of nitrogens with zero attached hydrogens (tertiary/aromatic N) is 4. The van der Waals surface area contributed by atoms with Crippen molar-refractivity contribution in [2.45, 2.75) is 6.54 Å². The van der Waals surface area contributed by atoms with Crippen LogP contribution >= 0.6 is 11.6 Å². The van der Waals surface area contributed by atoms with Gasteiger partial charge in [0.1, 0.15) is 16.7 Å². The van der Waals surface area contributed by atoms with Crippen molar-refractivity contribution in [3.05, 3.63) is 77.5 Å². The summed E-state index contributed by atoms with van der Waals surface area (Å²) in [4.78, 5) is 23.9. The summed E-state index contributed by atoms with van der Waals surface area (Å²) >= 11 is 6.23. The summed E-state index contributed by atoms with van der Waals surface area (Å²) in [6.07, 6.45) is 2.56. The largest absolute Gasteiger partial charge is 0.367 e. The molecule has 8 nitrogen and oxygen atoms in total. The third kappa shape index (κ3) is 6.27. The average molecular weight is 514 g/mol. The van der Waals surface area contributed by atoms with Gasteiger partial charge in [-0.05, 0) is 30.8 Å². The summed E-state index contributed by atoms with van der Waals surface area (Å²) < 4.78 is 29.7. The molecule has 4 rings (SSSR count). The standard InChI is InChI=1S/C25H26ClF2N7O/c1-3-23(36)31-17-6-4-5-16(11-17)14-29-24-18(26)15-30-25(33-24)32-21-12-20(28)22(13-19(21)27)35-9-7-34(2)8-10-35/h3-6,11-13,15H,1,7-10,14H2,2H3,(H,31,36)(H2,29,30,32,33). The molecule has 3 N–H and O–H groups in total. The topological polar surface area (TPSA) is 85.4 Å². The maximum atomic E-state index is 14.9. The fourth-order valence-electron chi connectivity index (χ4n) is 3.73. The van der Waals surface area contributed by atoms with Gasteiger partial charge in [-0.15, -0.1) is 0 Å². The van der Waals surface area contributed by atoms with Crippen LogP contribution in [0.2, 0.25) is 5.02 Å². The van der Waals surface area contributed by atoms with Gasteiger partial charge in [0.05, 0.1) is 17.6 Å². The Labute approximate surface area is 213 Å². The van der Waals surface area contributed by atoms with E-state index in [0.29, 0.717) is 31.1 Å². The molecule has 2 heterocycles. The van der Waals surface area contributed by atoms with Crippen molar-refractivity contribution in [3.8, 4) is 0 Å². The van der Waals surface area contributed by atoms with Crippen LogP contribution in [0.5, 0.6) is 0 Å². The van der Waals surface area contributed by atoms with E-state index in [9.17, 15) is 13.6 Å². The molecule has 2 aromatic carbocycles. The number of benzene rings is 2. The maximum Gasteiger partial charge on any atom is 0.247 e. The Balaban J connectivity index is 1.45. The summed E-state index contributed by atoms with van der Waals surface area (Å²) in [5.41, 5.74) is 1.63. The number of aromatic nitrogens is 2. The molecular weight excluding hydrogens is 488 g/mol. The van der Waals surface area contributed by atoms with Crippen molar-refractivity contribution < 1.29 is 13.6 Å². The van der Waals surface area contributed by atoms with Gasteiger partial charge >= 0.3 is 0 Å². The Hall–Kier alpha value is -3.76. The van der Waals surface area contributed by atoms with E-state index in [-0.39, 0.29) is 28.3 Å². The quantitative estimate of drug-likeness (QED) is 0.378. The minimum atomic E-state index is -0.614. The molecule has 0 bridgehead atoms. The smallest absolute Gasteiger partial charge is 0.247 e. The molecule has 0 saturated carbocycles. The zero-order chi connectivity index (χ0) is 25.7. The molecule has 1 aromatic heterocycles. The van der Waals surface area contributed by atoms with E-state index in [1.54, 1.807) is 18.2 Å². The number of carbonyl (C=O) groups is 1. The fraction of sp³-hybridized carbons (Fsp3) is 0.240. The number of likely N-dealkylation sites (N-methyl/N-ethyl adjacent to an activating group) is 1. The summed E-state index contributed by atoms with van der Waals surface area (Å²) in [7, 11) is 2.00. The molecule has 0 atom stereocenters. The first-order chi connectivity index (χ1) is 17.3. The van der Waals surface area contributed by atoms with E-state index in [2.05, 4.69) is 37.4 Å². The molecule has 188 valence electrons. The molecule has 0 aliphatic carbocycles. The monoisotopic (exact) mass is 513 g/mol. The number of anilines is 5. The van der Waals surface area contributed by atoms with E-state index >= 15 is 0 Å². The van der Waals surface area contributed by atoms with Crippen molar-refractivity contribution in [2.24, 2.45) is 0 Å². The Morgan fingerprint density at radius 1 is 1.17 bits per heavy atom. The summed E-state index contributed by atoms with van der Waals surface area (Å²) in [6, 6.07) is 9.52. The fourth-order valence-corrected chi connectivity index (χ4v) is 3.89. The number of halogens is 3. The lowest BCUT2D eigenvalue weighted by Crippen LogP contribution is -2.44. The van der Waals surface area contributed by atoms with Crippen molar-refractivity contribution in [1.82, 2.24) is 14.9 Å². The van der Waals surface area contributed by atoms with Crippen LogP contribution in [0.4, 0.5) is 37.6 Å². The van der Waals surface area contributed by atoms with Gasteiger partial charge in [0.15, 0.2) is 5.82 Å². The summed E-state index contributed by atoms with van der Waals surface area (Å²) in [5, 5.41) is 8.79. The van der Waals surface area contributed by atoms with Gasteiger partial charge in [0, 0.05) is 50.5 Å². The third-order valence-corrected chi connectivity index (χ3v) is 5.99. The van der Waals surface area contributed by atoms with E-state index < -0.39 is 11.6 Å². The lowest BCUT2D eigenvalue weighted by atomic mass is 10.2. The van der Waals surface area contributed by atoms with Gasteiger partial charge in [0.25, 0.3) is 0 Å². The predicted molar refractivity (Wildman–Crippen MR) is 139 cm³/mol. The number of hydrogen-bond donors (Lipinski definition) is 3. The second-order valence-corrected chi connectivity index (χ2v) is 8.74. The lowest BCUT2D eigenvalue weighted by Gasteiger charge is -2.34. The zero-order valence-electron chi connectivity index (χ0n) is 19.7. The highest BCUT2D eigenvalue weighted by molar-refractivity contribution is 6.32. The van der Waals surface area contributed by atoms with Gasteiger partial charge in [-0.3, -0.25) is 4.79 Å². The maximum absolute atomic E-state index is 14.9. The first kappa shape index (κ1) is 25.3. The second-order valence-electron chi connectivity index (χ2n) is 8.34. The minimum Gasteiger partial charge on any atom is -0.367 e. The molecule has 11 heteroatoms. The number of hydrogen-bond acceptors (Lipinski definition) is 7. The van der Waals surface area contributed by atoms with Gasteiger partial charge in [-0.1, -0.05) is 30.3 Å². The van der Waals surface area contributed by atoms with Crippen LogP contribution in [0.1, 0.15) is 5.56 Å². The summed E-state index contributed by atoms with van der Waals surface area (Å²) in [6.45, 7) is 6.59. The molecule has 1 aliphatic heterocycles. The number of carbonyl (C=O) groups excluding carboxylic acids is 1. The molecule has 1 amide bonds. The Morgan fingerprint density at radius 2 is 1.94 bits per heavy atom. The van der Waals surface area contributed by atoms with E-state index in [0.717, 1.165) is 24.7 Å². The van der Waals surface area contributed by atoms with E-state index in [1.807, 2.05) is 18.0 Å². The third-order valence-electron chi connectivity index (χ3n) is 5.71. The van der Waals surface area contributed by atoms with Crippen LogP contribution in [0.25, 0.3) is 0 Å². The van der Waals surface area contributed by atoms with E-state index in [1.165, 1.54) is 18.3 Å². The molecular formula is C25H26ClF2N7O. The molecule has 1 fully saturated rings. The number of amides is 1. The van der Waals surface area contributed by atoms with Crippen LogP contribution in [0.3, 0.4) is 0 Å². The van der Waals surface area contributed by atoms with Crippen molar-refractivity contribution >= 4 is 46.3 Å². The highest BCUT2D eigenvalue weighted by Crippen LogP contribution is 2.29. The first-order valence-electron chi connectivity index (χ1n) is 11.3. The zero-order valence-corrected chi connectivity index (χ0v) is 20.4. The first-order valence-corrected chi connectivity index (χ1v) is 11.7. The van der Waals surface area contributed by atoms with Gasteiger partial charge in [-0.25, -0.2) is 13.8 Å². The van der Waals surface area contributed by atoms with Crippen LogP contribution < -0.4 is 20.9 Å². The average Bonchev–Trinajstić information content (AvgIpc) is 2.87. The molecule has 0 radical (unpaired) electrons. The summed E-state index contributed by atoms with van der Waals surface area (Å²) in [5.74, 6) is -1.09. The SMILES string of the molecule is C=CC(=O)Nc1cccc(CNc2nc(Nc3cc(F)c(N4CCN(C)CC4)cc3F)ncc2Cl)c1. The minimum absolute atomic E-state index is 0.0551. The van der Waals surface area contributed by atoms with Crippen LogP contribution in [-0.2, 0) is 11.3 Å². The van der Waals surface area contributed by atoms with Crippen molar-refractivity contribution in [2.75, 3.05) is 54.1 Å². The lowest BCUT2D eigenvalue weighted by molar-refractivity contribution is -0.111. The van der Waals surface area contributed by atoms with Gasteiger partial charge in [0.2, 0.25) is 11.9 Å². The van der Waals surface area contributed by atoms with Gasteiger partial charge < -0.3 is 25.8 Å². The number of piperazine rings is 1. The number of rotatable bonds is 8.